The van der Waals surface area contributed by atoms with Gasteiger partial charge in [0.1, 0.15) is 0 Å². The Labute approximate surface area is 214 Å². The van der Waals surface area contributed by atoms with Gasteiger partial charge in [-0.2, -0.15) is 0 Å². The van der Waals surface area contributed by atoms with Crippen LogP contribution in [0.1, 0.15) is 84.5 Å². The van der Waals surface area contributed by atoms with Gasteiger partial charge in [0.05, 0.1) is 0 Å². The van der Waals surface area contributed by atoms with Crippen LogP contribution in [0.25, 0.3) is 0 Å². The molecule has 4 aromatic heterocycles. The van der Waals surface area contributed by atoms with Gasteiger partial charge in [-0.15, -0.1) is 0 Å². The van der Waals surface area contributed by atoms with Crippen LogP contribution in [0.5, 0.6) is 0 Å². The van der Waals surface area contributed by atoms with E-state index in [2.05, 4.69) is 93.3 Å². The van der Waals surface area contributed by atoms with Gasteiger partial charge in [-0.25, -0.2) is 0 Å². The SMILES string of the molecule is c1cncc(C2CC(c3cccnc3)CC(C3CC(c4cccnc4)CC(c4cccnc4)C3)C2)c1. The number of nitrogens with zero attached hydrogens (tertiary/aromatic N) is 4. The molecule has 0 amide bonds. The third-order valence-electron chi connectivity index (χ3n) is 8.78. The highest BCUT2D eigenvalue weighted by molar-refractivity contribution is 5.25. The minimum absolute atomic E-state index is 0.540. The second kappa shape index (κ2) is 10.7. The van der Waals surface area contributed by atoms with E-state index in [0.717, 1.165) is 0 Å². The lowest BCUT2D eigenvalue weighted by atomic mass is 9.61. The summed E-state index contributed by atoms with van der Waals surface area (Å²) in [5, 5.41) is 0. The van der Waals surface area contributed by atoms with Gasteiger partial charge in [0.25, 0.3) is 0 Å². The first-order valence-corrected chi connectivity index (χ1v) is 13.4. The van der Waals surface area contributed by atoms with Crippen molar-refractivity contribution >= 4 is 0 Å². The van der Waals surface area contributed by atoms with Crippen molar-refractivity contribution < 1.29 is 0 Å². The maximum atomic E-state index is 4.47. The van der Waals surface area contributed by atoms with Crippen molar-refractivity contribution in [1.82, 2.24) is 19.9 Å². The van der Waals surface area contributed by atoms with Gasteiger partial charge in [-0.1, -0.05) is 24.3 Å². The quantitative estimate of drug-likeness (QED) is 0.304. The first-order valence-electron chi connectivity index (χ1n) is 13.4. The Morgan fingerprint density at radius 1 is 0.389 bits per heavy atom. The Balaban J connectivity index is 1.32. The fraction of sp³-hybridized carbons (Fsp3) is 0.375. The molecule has 36 heavy (non-hydrogen) atoms. The summed E-state index contributed by atoms with van der Waals surface area (Å²) in [7, 11) is 0. The molecule has 0 saturated heterocycles. The molecule has 0 spiro atoms. The van der Waals surface area contributed by atoms with Gasteiger partial charge in [0.15, 0.2) is 0 Å². The van der Waals surface area contributed by atoms with Gasteiger partial charge >= 0.3 is 0 Å². The maximum absolute atomic E-state index is 4.47. The van der Waals surface area contributed by atoms with E-state index >= 15 is 0 Å². The molecule has 0 aromatic carbocycles. The highest BCUT2D eigenvalue weighted by atomic mass is 14.6. The Morgan fingerprint density at radius 3 is 0.889 bits per heavy atom. The van der Waals surface area contributed by atoms with E-state index in [0.29, 0.717) is 35.5 Å². The number of pyridine rings is 4. The number of hydrogen-bond acceptors (Lipinski definition) is 4. The van der Waals surface area contributed by atoms with Crippen molar-refractivity contribution in [3.05, 3.63) is 120 Å². The molecule has 6 rings (SSSR count). The molecule has 0 aliphatic heterocycles. The lowest BCUT2D eigenvalue weighted by Crippen LogP contribution is -2.31. The molecule has 182 valence electrons. The van der Waals surface area contributed by atoms with Crippen molar-refractivity contribution in [2.24, 2.45) is 11.8 Å². The van der Waals surface area contributed by atoms with Crippen LogP contribution in [0.3, 0.4) is 0 Å². The third kappa shape index (κ3) is 5.09. The molecule has 0 N–H and O–H groups in total. The standard InChI is InChI=1S/C32H34N4/c1-5-23(19-33-9-1)27-13-28(24-6-2-10-34-20-24)16-31(15-27)32-17-29(25-7-3-11-35-21-25)14-30(18-32)26-8-4-12-36-22-26/h1-12,19-22,27-32H,13-18H2. The lowest BCUT2D eigenvalue weighted by Gasteiger charge is -2.44. The Hall–Kier alpha value is -3.40. The van der Waals surface area contributed by atoms with Crippen molar-refractivity contribution in [1.29, 1.82) is 0 Å². The minimum Gasteiger partial charge on any atom is -0.264 e. The van der Waals surface area contributed by atoms with Crippen LogP contribution in [0.4, 0.5) is 0 Å². The van der Waals surface area contributed by atoms with E-state index in [-0.39, 0.29) is 0 Å². The Kier molecular flexibility index (Phi) is 6.84. The van der Waals surface area contributed by atoms with Gasteiger partial charge in [-0.3, -0.25) is 19.9 Å². The van der Waals surface area contributed by atoms with Crippen molar-refractivity contribution in [3.8, 4) is 0 Å². The molecule has 4 heteroatoms. The molecule has 0 bridgehead atoms. The highest BCUT2D eigenvalue weighted by Gasteiger charge is 2.39. The van der Waals surface area contributed by atoms with E-state index in [1.54, 1.807) is 0 Å². The molecule has 4 nitrogen and oxygen atoms in total. The van der Waals surface area contributed by atoms with Crippen LogP contribution in [-0.4, -0.2) is 19.9 Å². The first kappa shape index (κ1) is 23.0. The molecule has 0 radical (unpaired) electrons. The summed E-state index contributed by atoms with van der Waals surface area (Å²) in [6.07, 6.45) is 23.2. The topological polar surface area (TPSA) is 51.6 Å². The molecule has 2 saturated carbocycles. The minimum atomic E-state index is 0.540. The smallest absolute Gasteiger partial charge is 0.0302 e. The Morgan fingerprint density at radius 2 is 0.667 bits per heavy atom. The zero-order valence-corrected chi connectivity index (χ0v) is 20.7. The van der Waals surface area contributed by atoms with Crippen LogP contribution in [0, 0.1) is 11.8 Å². The molecule has 4 aromatic rings. The molecular formula is C32H34N4. The predicted molar refractivity (Wildman–Crippen MR) is 143 cm³/mol. The van der Waals surface area contributed by atoms with E-state index in [1.165, 1.54) is 60.8 Å². The largest absolute Gasteiger partial charge is 0.264 e. The van der Waals surface area contributed by atoms with Crippen molar-refractivity contribution in [2.75, 3.05) is 0 Å². The summed E-state index contributed by atoms with van der Waals surface area (Å²) in [5.74, 6) is 3.51. The first-order chi connectivity index (χ1) is 17.8. The van der Waals surface area contributed by atoms with E-state index in [9.17, 15) is 0 Å². The maximum Gasteiger partial charge on any atom is 0.0302 e. The average Bonchev–Trinajstić information content (AvgIpc) is 2.98. The van der Waals surface area contributed by atoms with Crippen LogP contribution in [-0.2, 0) is 0 Å². The normalized spacial score (nSPS) is 28.4. The molecular weight excluding hydrogens is 440 g/mol. The average molecular weight is 475 g/mol. The molecule has 4 heterocycles. The van der Waals surface area contributed by atoms with Gasteiger partial charge < -0.3 is 0 Å². The van der Waals surface area contributed by atoms with Crippen LogP contribution >= 0.6 is 0 Å². The fourth-order valence-corrected chi connectivity index (χ4v) is 7.05. The summed E-state index contributed by atoms with van der Waals surface area (Å²) in [4.78, 5) is 17.9. The van der Waals surface area contributed by atoms with Crippen molar-refractivity contribution in [3.63, 3.8) is 0 Å². The summed E-state index contributed by atoms with van der Waals surface area (Å²) >= 11 is 0. The van der Waals surface area contributed by atoms with Crippen LogP contribution < -0.4 is 0 Å². The summed E-state index contributed by atoms with van der Waals surface area (Å²) in [5.41, 5.74) is 5.55. The van der Waals surface area contributed by atoms with E-state index in [4.69, 9.17) is 0 Å². The predicted octanol–water partition coefficient (Wildman–Crippen LogP) is 7.30. The van der Waals surface area contributed by atoms with E-state index in [1.807, 2.05) is 24.8 Å². The summed E-state index contributed by atoms with van der Waals surface area (Å²) in [6, 6.07) is 17.5. The van der Waals surface area contributed by atoms with Crippen LogP contribution in [0.2, 0.25) is 0 Å². The zero-order valence-electron chi connectivity index (χ0n) is 20.7. The molecule has 4 atom stereocenters. The van der Waals surface area contributed by atoms with Gasteiger partial charge in [-0.05, 0) is 121 Å². The monoisotopic (exact) mass is 474 g/mol. The molecule has 2 fully saturated rings. The molecule has 2 aliphatic rings. The van der Waals surface area contributed by atoms with Crippen LogP contribution in [0.15, 0.2) is 98.1 Å². The number of hydrogen-bond donors (Lipinski definition) is 0. The Bertz CT molecular complexity index is 1020. The third-order valence-corrected chi connectivity index (χ3v) is 8.78. The zero-order chi connectivity index (χ0) is 24.2. The van der Waals surface area contributed by atoms with E-state index < -0.39 is 0 Å². The lowest BCUT2D eigenvalue weighted by molar-refractivity contribution is 0.147. The second-order valence-corrected chi connectivity index (χ2v) is 10.9. The van der Waals surface area contributed by atoms with Gasteiger partial charge in [0, 0.05) is 49.6 Å². The molecule has 4 unspecified atom stereocenters. The van der Waals surface area contributed by atoms with Gasteiger partial charge in [0.2, 0.25) is 0 Å². The van der Waals surface area contributed by atoms with Crippen molar-refractivity contribution in [2.45, 2.75) is 62.2 Å². The number of rotatable bonds is 5. The fourth-order valence-electron chi connectivity index (χ4n) is 7.05. The molecule has 2 aliphatic carbocycles. The summed E-state index contributed by atoms with van der Waals surface area (Å²) in [6.45, 7) is 0. The number of aromatic nitrogens is 4. The highest BCUT2D eigenvalue weighted by Crippen LogP contribution is 2.53. The second-order valence-electron chi connectivity index (χ2n) is 10.9. The summed E-state index contributed by atoms with van der Waals surface area (Å²) < 4.78 is 0.